The summed E-state index contributed by atoms with van der Waals surface area (Å²) in [6, 6.07) is 7.14. The zero-order valence-electron chi connectivity index (χ0n) is 16.6. The van der Waals surface area contributed by atoms with E-state index in [1.165, 1.54) is 13.2 Å². The zero-order valence-corrected chi connectivity index (χ0v) is 17.5. The number of piperidine rings is 1. The highest BCUT2D eigenvalue weighted by Gasteiger charge is 2.34. The van der Waals surface area contributed by atoms with Crippen LogP contribution in [0.5, 0.6) is 0 Å². The first kappa shape index (κ1) is 22.0. The third-order valence-corrected chi connectivity index (χ3v) is 5.63. The average molecular weight is 434 g/mol. The van der Waals surface area contributed by atoms with E-state index in [1.807, 2.05) is 11.0 Å². The molecule has 1 aromatic heterocycles. The lowest BCUT2D eigenvalue weighted by atomic mass is 9.97. The summed E-state index contributed by atoms with van der Waals surface area (Å²) >= 11 is 4.66. The molecule has 160 valence electrons. The standard InChI is InChI=1S/C21H24FN3O4S/c1-29-21(28)20(16-4-2-3-5-17(16)22)24-9-7-18(30)14(13-24)12-15-6-10-25(23-15)11-8-19(26)27/h2-6,10,12,18,20,30H,7-9,11,13H2,1H3,(H,26,27). The van der Waals surface area contributed by atoms with E-state index >= 15 is 0 Å². The maximum absolute atomic E-state index is 14.4. The number of carbonyl (C=O) groups is 2. The number of methoxy groups -OCH3 is 1. The van der Waals surface area contributed by atoms with E-state index in [-0.39, 0.29) is 23.8 Å². The molecule has 3 rings (SSSR count). The molecular formula is C21H24FN3O4S. The molecule has 2 heterocycles. The molecule has 1 N–H and O–H groups in total. The number of ether oxygens (including phenoxy) is 1. The topological polar surface area (TPSA) is 84.7 Å². The summed E-state index contributed by atoms with van der Waals surface area (Å²) in [6.45, 7) is 1.25. The van der Waals surface area contributed by atoms with E-state index in [1.54, 1.807) is 35.1 Å². The number of aryl methyl sites for hydroxylation is 1. The number of aromatic nitrogens is 2. The number of halogens is 1. The maximum Gasteiger partial charge on any atom is 0.327 e. The SMILES string of the molecule is COC(=O)C(c1ccccc1F)N1CCC(S)C(=Cc2ccn(CCC(=O)O)n2)C1. The molecule has 7 nitrogen and oxygen atoms in total. The summed E-state index contributed by atoms with van der Waals surface area (Å²) in [5, 5.41) is 13.2. The number of nitrogens with zero attached hydrogens (tertiary/aromatic N) is 3. The van der Waals surface area contributed by atoms with Crippen molar-refractivity contribution in [2.24, 2.45) is 0 Å². The van der Waals surface area contributed by atoms with Crippen LogP contribution in [0.3, 0.4) is 0 Å². The quantitative estimate of drug-likeness (QED) is 0.516. The summed E-state index contributed by atoms with van der Waals surface area (Å²) in [6.07, 6.45) is 4.28. The largest absolute Gasteiger partial charge is 0.481 e. The summed E-state index contributed by atoms with van der Waals surface area (Å²) in [5.74, 6) is -1.86. The Labute approximate surface area is 179 Å². The van der Waals surface area contributed by atoms with Gasteiger partial charge in [0.05, 0.1) is 25.8 Å². The molecule has 30 heavy (non-hydrogen) atoms. The van der Waals surface area contributed by atoms with Crippen LogP contribution in [-0.2, 0) is 20.9 Å². The van der Waals surface area contributed by atoms with Crippen molar-refractivity contribution >= 4 is 30.6 Å². The lowest BCUT2D eigenvalue weighted by molar-refractivity contribution is -0.147. The minimum atomic E-state index is -0.884. The first-order valence-corrected chi connectivity index (χ1v) is 10.1. The first-order valence-electron chi connectivity index (χ1n) is 9.59. The molecule has 2 unspecified atom stereocenters. The van der Waals surface area contributed by atoms with E-state index in [9.17, 15) is 14.0 Å². The predicted molar refractivity (Wildman–Crippen MR) is 113 cm³/mol. The summed E-state index contributed by atoms with van der Waals surface area (Å²) in [7, 11) is 1.29. The van der Waals surface area contributed by atoms with Crippen molar-refractivity contribution in [2.45, 2.75) is 30.7 Å². The van der Waals surface area contributed by atoms with Crippen molar-refractivity contribution in [1.82, 2.24) is 14.7 Å². The van der Waals surface area contributed by atoms with Crippen LogP contribution in [0.2, 0.25) is 0 Å². The van der Waals surface area contributed by atoms with Gasteiger partial charge >= 0.3 is 11.9 Å². The van der Waals surface area contributed by atoms with Gasteiger partial charge in [-0.05, 0) is 30.2 Å². The molecule has 9 heteroatoms. The second-order valence-corrected chi connectivity index (χ2v) is 7.71. The Hall–Kier alpha value is -2.65. The molecule has 1 aliphatic rings. The van der Waals surface area contributed by atoms with Gasteiger partial charge in [0.15, 0.2) is 0 Å². The monoisotopic (exact) mass is 433 g/mol. The normalized spacial score (nSPS) is 19.6. The third-order valence-electron chi connectivity index (χ3n) is 5.04. The van der Waals surface area contributed by atoms with Gasteiger partial charge in [-0.2, -0.15) is 17.7 Å². The minimum Gasteiger partial charge on any atom is -0.481 e. The van der Waals surface area contributed by atoms with Gasteiger partial charge in [-0.25, -0.2) is 9.18 Å². The molecule has 1 aromatic carbocycles. The summed E-state index contributed by atoms with van der Waals surface area (Å²) < 4.78 is 21.0. The zero-order chi connectivity index (χ0) is 21.7. The Kier molecular flexibility index (Phi) is 7.28. The van der Waals surface area contributed by atoms with Crippen molar-refractivity contribution in [2.75, 3.05) is 20.2 Å². The number of carboxylic acid groups (broad SMARTS) is 1. The van der Waals surface area contributed by atoms with Crippen LogP contribution in [0.4, 0.5) is 4.39 Å². The molecule has 0 saturated carbocycles. The Morgan fingerprint density at radius 2 is 2.17 bits per heavy atom. The van der Waals surface area contributed by atoms with Crippen LogP contribution < -0.4 is 0 Å². The van der Waals surface area contributed by atoms with Crippen LogP contribution >= 0.6 is 12.6 Å². The molecule has 1 saturated heterocycles. The number of likely N-dealkylation sites (tertiary alicyclic amines) is 1. The number of rotatable bonds is 7. The third kappa shape index (κ3) is 5.28. The highest BCUT2D eigenvalue weighted by atomic mass is 32.1. The van der Waals surface area contributed by atoms with E-state index in [0.29, 0.717) is 25.2 Å². The van der Waals surface area contributed by atoms with Gasteiger partial charge in [0, 0.05) is 30.1 Å². The number of carbonyl (C=O) groups excluding carboxylic acids is 1. The molecule has 0 bridgehead atoms. The fourth-order valence-corrected chi connectivity index (χ4v) is 3.79. The van der Waals surface area contributed by atoms with Crippen LogP contribution in [0, 0.1) is 5.82 Å². The van der Waals surface area contributed by atoms with Crippen LogP contribution in [0.25, 0.3) is 6.08 Å². The van der Waals surface area contributed by atoms with Gasteiger partial charge < -0.3 is 9.84 Å². The van der Waals surface area contributed by atoms with Crippen LogP contribution in [0.15, 0.2) is 42.1 Å². The van der Waals surface area contributed by atoms with Gasteiger partial charge in [0.25, 0.3) is 0 Å². The van der Waals surface area contributed by atoms with Gasteiger partial charge in [-0.3, -0.25) is 14.4 Å². The van der Waals surface area contributed by atoms with Crippen molar-refractivity contribution in [1.29, 1.82) is 0 Å². The molecule has 0 amide bonds. The number of hydrogen-bond donors (Lipinski definition) is 2. The highest BCUT2D eigenvalue weighted by molar-refractivity contribution is 7.81. The number of hydrogen-bond acceptors (Lipinski definition) is 6. The molecule has 2 aromatic rings. The molecule has 0 aliphatic carbocycles. The second-order valence-electron chi connectivity index (χ2n) is 7.09. The highest BCUT2D eigenvalue weighted by Crippen LogP contribution is 2.31. The Balaban J connectivity index is 1.83. The molecule has 1 fully saturated rings. The fraction of sp³-hybridized carbons (Fsp3) is 0.381. The molecule has 0 spiro atoms. The lowest BCUT2D eigenvalue weighted by Gasteiger charge is -2.36. The Morgan fingerprint density at radius 3 is 2.87 bits per heavy atom. The number of thiol groups is 1. The van der Waals surface area contributed by atoms with Gasteiger partial charge in [0.1, 0.15) is 11.9 Å². The maximum atomic E-state index is 14.4. The number of esters is 1. The van der Waals surface area contributed by atoms with Crippen molar-refractivity contribution in [3.8, 4) is 0 Å². The molecule has 2 atom stereocenters. The summed E-state index contributed by atoms with van der Waals surface area (Å²) in [4.78, 5) is 25.1. The Bertz CT molecular complexity index is 946. The number of benzene rings is 1. The van der Waals surface area contributed by atoms with E-state index in [0.717, 1.165) is 5.57 Å². The van der Waals surface area contributed by atoms with Gasteiger partial charge in [0.2, 0.25) is 0 Å². The minimum absolute atomic E-state index is 0.00981. The van der Waals surface area contributed by atoms with Crippen LogP contribution in [0.1, 0.15) is 30.1 Å². The molecular weight excluding hydrogens is 409 g/mol. The summed E-state index contributed by atoms with van der Waals surface area (Å²) in [5.41, 5.74) is 1.90. The van der Waals surface area contributed by atoms with Crippen molar-refractivity contribution < 1.29 is 23.8 Å². The fourth-order valence-electron chi connectivity index (χ4n) is 3.51. The average Bonchev–Trinajstić information content (AvgIpc) is 3.17. The molecule has 0 radical (unpaired) electrons. The second kappa shape index (κ2) is 9.90. The van der Waals surface area contributed by atoms with Crippen LogP contribution in [-0.4, -0.2) is 57.2 Å². The number of aliphatic carboxylic acids is 1. The predicted octanol–water partition coefficient (Wildman–Crippen LogP) is 2.80. The van der Waals surface area contributed by atoms with Gasteiger partial charge in [-0.15, -0.1) is 0 Å². The Morgan fingerprint density at radius 1 is 1.40 bits per heavy atom. The molecule has 1 aliphatic heterocycles. The lowest BCUT2D eigenvalue weighted by Crippen LogP contribution is -2.42. The van der Waals surface area contributed by atoms with E-state index in [4.69, 9.17) is 9.84 Å². The van der Waals surface area contributed by atoms with E-state index < -0.39 is 23.8 Å². The van der Waals surface area contributed by atoms with Crippen molar-refractivity contribution in [3.63, 3.8) is 0 Å². The smallest absolute Gasteiger partial charge is 0.327 e. The first-order chi connectivity index (χ1) is 14.4. The van der Waals surface area contributed by atoms with E-state index in [2.05, 4.69) is 17.7 Å². The number of carboxylic acids is 1. The van der Waals surface area contributed by atoms with Crippen molar-refractivity contribution in [3.05, 3.63) is 59.2 Å². The van der Waals surface area contributed by atoms with Gasteiger partial charge in [-0.1, -0.05) is 18.2 Å².